The van der Waals surface area contributed by atoms with Crippen LogP contribution in [0.4, 0.5) is 26.3 Å². The second kappa shape index (κ2) is 10.7. The zero-order valence-electron chi connectivity index (χ0n) is 21.9. The summed E-state index contributed by atoms with van der Waals surface area (Å²) in [5, 5.41) is -0.124. The van der Waals surface area contributed by atoms with Crippen molar-refractivity contribution >= 4 is 22.5 Å². The molecule has 0 unspecified atom stereocenters. The van der Waals surface area contributed by atoms with Gasteiger partial charge in [0.05, 0.1) is 24.4 Å². The number of rotatable bonds is 6. The van der Waals surface area contributed by atoms with Gasteiger partial charge in [0.25, 0.3) is 0 Å². The predicted octanol–water partition coefficient (Wildman–Crippen LogP) is 8.10. The van der Waals surface area contributed by atoms with E-state index >= 15 is 4.39 Å². The van der Waals surface area contributed by atoms with E-state index in [0.717, 1.165) is 37.9 Å². The lowest BCUT2D eigenvalue weighted by Gasteiger charge is -2.32. The van der Waals surface area contributed by atoms with Crippen LogP contribution in [0.25, 0.3) is 10.9 Å². The Balaban J connectivity index is 1.72. The van der Waals surface area contributed by atoms with Crippen molar-refractivity contribution in [3.8, 4) is 11.5 Å². The summed E-state index contributed by atoms with van der Waals surface area (Å²) in [6.07, 6.45) is -5.55. The first-order chi connectivity index (χ1) is 19.4. The monoisotopic (exact) mass is 596 g/mol. The lowest BCUT2D eigenvalue weighted by Crippen LogP contribution is -2.46. The SMILES string of the molecule is COc1c([C@H]2[C@H](c3cc(OCc4ccccc4)c4c(Cl)ncc(F)c4n3)O[C@@](C)(C(F)(F)F)[C@H]2C)ccc(F)c1F. The second-order valence-corrected chi connectivity index (χ2v) is 10.2. The molecule has 3 heterocycles. The van der Waals surface area contributed by atoms with E-state index in [9.17, 15) is 22.0 Å². The van der Waals surface area contributed by atoms with E-state index in [1.54, 1.807) is 24.3 Å². The van der Waals surface area contributed by atoms with Gasteiger partial charge in [-0.05, 0) is 18.6 Å². The van der Waals surface area contributed by atoms with Gasteiger partial charge in [-0.25, -0.2) is 18.7 Å². The van der Waals surface area contributed by atoms with E-state index in [2.05, 4.69) is 9.97 Å². The van der Waals surface area contributed by atoms with Gasteiger partial charge in [0.1, 0.15) is 29.1 Å². The van der Waals surface area contributed by atoms with Crippen LogP contribution < -0.4 is 9.47 Å². The molecule has 2 aromatic carbocycles. The lowest BCUT2D eigenvalue weighted by molar-refractivity contribution is -0.275. The van der Waals surface area contributed by atoms with Gasteiger partial charge in [-0.3, -0.25) is 0 Å². The van der Waals surface area contributed by atoms with Crippen molar-refractivity contribution in [1.29, 1.82) is 0 Å². The normalized spacial score (nSPS) is 22.7. The first-order valence-corrected chi connectivity index (χ1v) is 12.8. The van der Waals surface area contributed by atoms with Crippen LogP contribution in [0.2, 0.25) is 5.15 Å². The highest BCUT2D eigenvalue weighted by molar-refractivity contribution is 6.34. The molecular weight excluding hydrogens is 574 g/mol. The van der Waals surface area contributed by atoms with Crippen LogP contribution in [0.3, 0.4) is 0 Å². The Morgan fingerprint density at radius 2 is 1.76 bits per heavy atom. The largest absolute Gasteiger partial charge is 0.493 e. The number of aromatic nitrogens is 2. The van der Waals surface area contributed by atoms with Crippen LogP contribution in [-0.2, 0) is 11.3 Å². The molecule has 5 rings (SSSR count). The third-order valence-electron chi connectivity index (χ3n) is 7.57. The fraction of sp³-hybridized carbons (Fsp3) is 0.310. The molecule has 0 amide bonds. The zero-order valence-corrected chi connectivity index (χ0v) is 22.7. The molecule has 0 N–H and O–H groups in total. The number of halogens is 7. The predicted molar refractivity (Wildman–Crippen MR) is 138 cm³/mol. The van der Waals surface area contributed by atoms with Crippen LogP contribution in [0, 0.1) is 23.4 Å². The minimum Gasteiger partial charge on any atom is -0.493 e. The minimum atomic E-state index is -4.87. The third kappa shape index (κ3) is 4.95. The molecule has 2 aromatic heterocycles. The van der Waals surface area contributed by atoms with E-state index < -0.39 is 52.9 Å². The molecule has 5 nitrogen and oxygen atoms in total. The number of alkyl halides is 3. The molecule has 41 heavy (non-hydrogen) atoms. The number of methoxy groups -OCH3 is 1. The van der Waals surface area contributed by atoms with Crippen molar-refractivity contribution in [1.82, 2.24) is 9.97 Å². The molecule has 1 aliphatic heterocycles. The average molecular weight is 597 g/mol. The fourth-order valence-electron chi connectivity index (χ4n) is 5.21. The quantitative estimate of drug-likeness (QED) is 0.166. The molecule has 1 saturated heterocycles. The number of nitrogens with zero attached hydrogens (tertiary/aromatic N) is 2. The molecule has 4 atom stereocenters. The van der Waals surface area contributed by atoms with Crippen LogP contribution >= 0.6 is 11.6 Å². The Hall–Kier alpha value is -3.57. The van der Waals surface area contributed by atoms with Gasteiger partial charge in [-0.2, -0.15) is 17.6 Å². The Bertz CT molecular complexity index is 1600. The van der Waals surface area contributed by atoms with E-state index in [1.807, 2.05) is 6.07 Å². The van der Waals surface area contributed by atoms with Crippen molar-refractivity contribution < 1.29 is 40.6 Å². The molecule has 0 aliphatic carbocycles. The number of hydrogen-bond donors (Lipinski definition) is 0. The number of hydrogen-bond acceptors (Lipinski definition) is 5. The van der Waals surface area contributed by atoms with Gasteiger partial charge in [0, 0.05) is 23.5 Å². The Labute approximate surface area is 236 Å². The number of ether oxygens (including phenoxy) is 3. The molecule has 12 heteroatoms. The van der Waals surface area contributed by atoms with Crippen molar-refractivity contribution in [3.63, 3.8) is 0 Å². The summed E-state index contributed by atoms with van der Waals surface area (Å²) in [6, 6.07) is 12.2. The van der Waals surface area contributed by atoms with Gasteiger partial charge < -0.3 is 14.2 Å². The summed E-state index contributed by atoms with van der Waals surface area (Å²) in [7, 11) is 1.08. The number of benzene rings is 2. The van der Waals surface area contributed by atoms with Gasteiger partial charge in [0.2, 0.25) is 5.82 Å². The number of pyridine rings is 2. The Kier molecular flexibility index (Phi) is 7.54. The van der Waals surface area contributed by atoms with Crippen LogP contribution in [-0.4, -0.2) is 28.9 Å². The van der Waals surface area contributed by atoms with Crippen molar-refractivity contribution in [2.75, 3.05) is 7.11 Å². The lowest BCUT2D eigenvalue weighted by atomic mass is 9.76. The molecule has 0 spiro atoms. The van der Waals surface area contributed by atoms with Crippen LogP contribution in [0.1, 0.15) is 42.7 Å². The van der Waals surface area contributed by atoms with Crippen LogP contribution in [0.5, 0.6) is 11.5 Å². The summed E-state index contributed by atoms with van der Waals surface area (Å²) in [4.78, 5) is 8.12. The summed E-state index contributed by atoms with van der Waals surface area (Å²) in [6.45, 7) is 2.16. The summed E-state index contributed by atoms with van der Waals surface area (Å²) >= 11 is 6.28. The maximum absolute atomic E-state index is 15.1. The highest BCUT2D eigenvalue weighted by Crippen LogP contribution is 2.59. The van der Waals surface area contributed by atoms with Crippen molar-refractivity contribution in [3.05, 3.63) is 94.2 Å². The van der Waals surface area contributed by atoms with E-state index in [1.165, 1.54) is 13.0 Å². The molecule has 1 fully saturated rings. The topological polar surface area (TPSA) is 53.5 Å². The fourth-order valence-corrected chi connectivity index (χ4v) is 5.45. The Morgan fingerprint density at radius 1 is 1.05 bits per heavy atom. The number of fused-ring (bicyclic) bond motifs is 1. The first-order valence-electron chi connectivity index (χ1n) is 12.4. The first kappa shape index (κ1) is 28.9. The molecule has 216 valence electrons. The summed E-state index contributed by atoms with van der Waals surface area (Å²) < 4.78 is 104. The molecular formula is C29H23ClF6N2O3. The van der Waals surface area contributed by atoms with E-state index in [4.69, 9.17) is 25.8 Å². The van der Waals surface area contributed by atoms with Crippen molar-refractivity contribution in [2.24, 2.45) is 5.92 Å². The Morgan fingerprint density at radius 3 is 2.41 bits per heavy atom. The molecule has 4 aromatic rings. The van der Waals surface area contributed by atoms with Crippen LogP contribution in [0.15, 0.2) is 54.7 Å². The maximum Gasteiger partial charge on any atom is 0.417 e. The summed E-state index contributed by atoms with van der Waals surface area (Å²) in [5.41, 5.74) is -2.51. The third-order valence-corrected chi connectivity index (χ3v) is 7.85. The maximum atomic E-state index is 15.1. The second-order valence-electron chi connectivity index (χ2n) is 9.88. The van der Waals surface area contributed by atoms with Crippen molar-refractivity contribution in [2.45, 2.75) is 44.3 Å². The van der Waals surface area contributed by atoms with E-state index in [0.29, 0.717) is 0 Å². The van der Waals surface area contributed by atoms with Gasteiger partial charge >= 0.3 is 6.18 Å². The van der Waals surface area contributed by atoms with E-state index in [-0.39, 0.29) is 39.7 Å². The molecule has 0 bridgehead atoms. The standard InChI is InChI=1S/C29H23ClF6N2O3/c1-14-21(16-9-10-17(31)23(33)25(16)39-3)26(41-28(14,2)29(34,35)36)19-11-20(40-13-15-7-5-4-6-8-15)22-24(38-19)18(32)12-37-27(22)30/h4-12,14,21,26H,13H2,1-3H3/t14-,21-,26-,28+/m0/s1. The smallest absolute Gasteiger partial charge is 0.417 e. The molecule has 0 radical (unpaired) electrons. The molecule has 1 aliphatic rings. The zero-order chi connectivity index (χ0) is 29.7. The van der Waals surface area contributed by atoms with Gasteiger partial charge in [-0.15, -0.1) is 0 Å². The van der Waals surface area contributed by atoms with Gasteiger partial charge in [0.15, 0.2) is 23.0 Å². The minimum absolute atomic E-state index is 0.00119. The van der Waals surface area contributed by atoms with Gasteiger partial charge in [-0.1, -0.05) is 54.9 Å². The summed E-state index contributed by atoms with van der Waals surface area (Å²) in [5.74, 6) is -6.67. The highest BCUT2D eigenvalue weighted by atomic mass is 35.5. The molecule has 0 saturated carbocycles. The average Bonchev–Trinajstić information content (AvgIpc) is 3.22. The highest BCUT2D eigenvalue weighted by Gasteiger charge is 2.65.